The van der Waals surface area contributed by atoms with Crippen molar-refractivity contribution in [1.82, 2.24) is 14.9 Å². The molecule has 2 rings (SSSR count). The summed E-state index contributed by atoms with van der Waals surface area (Å²) in [5.74, 6) is 0. The van der Waals surface area contributed by atoms with Gasteiger partial charge in [-0.15, -0.1) is 0 Å². The van der Waals surface area contributed by atoms with E-state index in [2.05, 4.69) is 14.9 Å². The van der Waals surface area contributed by atoms with Crippen LogP contribution in [0.2, 0.25) is 0 Å². The highest BCUT2D eigenvalue weighted by atomic mass is 32.2. The number of rotatable bonds is 4. The monoisotopic (exact) mass is 275 g/mol. The van der Waals surface area contributed by atoms with Crippen molar-refractivity contribution in [2.45, 2.75) is 43.9 Å². The third-order valence-corrected chi connectivity index (χ3v) is 4.75. The maximum atomic E-state index is 12.3. The van der Waals surface area contributed by atoms with Gasteiger partial charge in [-0.2, -0.15) is 5.10 Å². The summed E-state index contributed by atoms with van der Waals surface area (Å²) in [6.07, 6.45) is 0.496. The summed E-state index contributed by atoms with van der Waals surface area (Å²) in [6, 6.07) is -0.240. The van der Waals surface area contributed by atoms with Crippen molar-refractivity contribution in [2.24, 2.45) is 0 Å². The van der Waals surface area contributed by atoms with Crippen molar-refractivity contribution < 1.29 is 18.3 Å². The van der Waals surface area contributed by atoms with E-state index >= 15 is 0 Å². The van der Waals surface area contributed by atoms with Crippen LogP contribution in [0.15, 0.2) is 4.90 Å². The number of aromatic amines is 1. The zero-order chi connectivity index (χ0) is 13.3. The number of nitrogens with one attached hydrogen (secondary N) is 2. The number of hydrogen-bond acceptors (Lipinski definition) is 5. The van der Waals surface area contributed by atoms with Crippen molar-refractivity contribution in [3.63, 3.8) is 0 Å². The molecule has 3 N–H and O–H groups in total. The van der Waals surface area contributed by atoms with E-state index in [1.54, 1.807) is 6.92 Å². The van der Waals surface area contributed by atoms with Gasteiger partial charge in [0.15, 0.2) is 0 Å². The van der Waals surface area contributed by atoms with Gasteiger partial charge in [0.2, 0.25) is 10.0 Å². The maximum Gasteiger partial charge on any atom is 0.244 e. The molecule has 1 aromatic heterocycles. The van der Waals surface area contributed by atoms with Crippen LogP contribution in [0.1, 0.15) is 24.7 Å². The van der Waals surface area contributed by atoms with E-state index in [-0.39, 0.29) is 22.7 Å². The smallest absolute Gasteiger partial charge is 0.244 e. The molecule has 7 nitrogen and oxygen atoms in total. The van der Waals surface area contributed by atoms with Crippen molar-refractivity contribution >= 4 is 10.0 Å². The van der Waals surface area contributed by atoms with Crippen LogP contribution in [0.4, 0.5) is 0 Å². The van der Waals surface area contributed by atoms with E-state index < -0.39 is 16.6 Å². The molecule has 0 amide bonds. The SMILES string of the molecule is Cc1[nH]nc(CO)c1S(=O)(=O)NC1CCOC1C. The molecular formula is C10H17N3O4S. The minimum Gasteiger partial charge on any atom is -0.390 e. The normalized spacial score (nSPS) is 24.6. The van der Waals surface area contributed by atoms with Crippen molar-refractivity contribution in [2.75, 3.05) is 6.61 Å². The summed E-state index contributed by atoms with van der Waals surface area (Å²) in [6.45, 7) is 3.56. The van der Waals surface area contributed by atoms with Crippen LogP contribution in [-0.4, -0.2) is 42.5 Å². The second-order valence-corrected chi connectivity index (χ2v) is 6.03. The Hall–Kier alpha value is -0.960. The number of sulfonamides is 1. The quantitative estimate of drug-likeness (QED) is 0.697. The Bertz CT molecular complexity index is 525. The molecule has 102 valence electrons. The van der Waals surface area contributed by atoms with Gasteiger partial charge in [-0.3, -0.25) is 5.10 Å². The molecule has 0 bridgehead atoms. The molecule has 2 heterocycles. The highest BCUT2D eigenvalue weighted by Crippen LogP contribution is 2.21. The maximum absolute atomic E-state index is 12.3. The van der Waals surface area contributed by atoms with Crippen molar-refractivity contribution in [3.05, 3.63) is 11.4 Å². The molecule has 1 aliphatic heterocycles. The molecule has 0 saturated carbocycles. The molecule has 1 aliphatic rings. The number of aliphatic hydroxyl groups excluding tert-OH is 1. The van der Waals surface area contributed by atoms with Crippen LogP contribution in [0.5, 0.6) is 0 Å². The Labute approximate surface area is 106 Å². The van der Waals surface area contributed by atoms with Gasteiger partial charge >= 0.3 is 0 Å². The topological polar surface area (TPSA) is 104 Å². The lowest BCUT2D eigenvalue weighted by atomic mass is 10.2. The highest BCUT2D eigenvalue weighted by Gasteiger charge is 2.32. The summed E-state index contributed by atoms with van der Waals surface area (Å²) >= 11 is 0. The summed E-state index contributed by atoms with van der Waals surface area (Å²) in [5, 5.41) is 15.4. The molecular weight excluding hydrogens is 258 g/mol. The van der Waals surface area contributed by atoms with E-state index in [0.29, 0.717) is 18.7 Å². The summed E-state index contributed by atoms with van der Waals surface area (Å²) in [4.78, 5) is 0.0316. The average molecular weight is 275 g/mol. The van der Waals surface area contributed by atoms with E-state index in [9.17, 15) is 8.42 Å². The summed E-state index contributed by atoms with van der Waals surface area (Å²) in [5.41, 5.74) is 0.546. The van der Waals surface area contributed by atoms with Crippen LogP contribution >= 0.6 is 0 Å². The van der Waals surface area contributed by atoms with Gasteiger partial charge in [-0.1, -0.05) is 0 Å². The first-order valence-corrected chi connectivity index (χ1v) is 7.22. The van der Waals surface area contributed by atoms with Crippen molar-refractivity contribution in [1.29, 1.82) is 0 Å². The molecule has 8 heteroatoms. The number of aliphatic hydroxyl groups is 1. The van der Waals surface area contributed by atoms with E-state index in [4.69, 9.17) is 9.84 Å². The average Bonchev–Trinajstić information content (AvgIpc) is 2.85. The molecule has 2 atom stereocenters. The largest absolute Gasteiger partial charge is 0.390 e. The minimum atomic E-state index is -3.69. The van der Waals surface area contributed by atoms with Gasteiger partial charge in [0.25, 0.3) is 0 Å². The van der Waals surface area contributed by atoms with E-state index in [1.807, 2.05) is 6.92 Å². The second-order valence-electron chi connectivity index (χ2n) is 4.37. The summed E-state index contributed by atoms with van der Waals surface area (Å²) in [7, 11) is -3.69. The van der Waals surface area contributed by atoms with Crippen LogP contribution in [-0.2, 0) is 21.4 Å². The van der Waals surface area contributed by atoms with Gasteiger partial charge < -0.3 is 9.84 Å². The van der Waals surface area contributed by atoms with Crippen LogP contribution in [0, 0.1) is 6.92 Å². The fraction of sp³-hybridized carbons (Fsp3) is 0.700. The fourth-order valence-electron chi connectivity index (χ4n) is 2.08. The zero-order valence-electron chi connectivity index (χ0n) is 10.3. The van der Waals surface area contributed by atoms with Gasteiger partial charge in [0.1, 0.15) is 10.6 Å². The first-order chi connectivity index (χ1) is 8.45. The standard InChI is InChI=1S/C10H17N3O4S/c1-6-10(9(5-14)12-11-6)18(15,16)13-8-3-4-17-7(8)2/h7-8,13-14H,3-5H2,1-2H3,(H,11,12). The lowest BCUT2D eigenvalue weighted by molar-refractivity contribution is 0.117. The Morgan fingerprint density at radius 1 is 1.61 bits per heavy atom. The Kier molecular flexibility index (Phi) is 3.71. The van der Waals surface area contributed by atoms with Crippen LogP contribution < -0.4 is 4.72 Å². The number of aryl methyl sites for hydroxylation is 1. The number of ether oxygens (including phenoxy) is 1. The molecule has 0 aromatic carbocycles. The summed E-state index contributed by atoms with van der Waals surface area (Å²) < 4.78 is 32.4. The van der Waals surface area contributed by atoms with Gasteiger partial charge in [-0.25, -0.2) is 13.1 Å². The molecule has 0 radical (unpaired) electrons. The highest BCUT2D eigenvalue weighted by molar-refractivity contribution is 7.89. The van der Waals surface area contributed by atoms with Gasteiger partial charge in [0.05, 0.1) is 24.4 Å². The lowest BCUT2D eigenvalue weighted by Crippen LogP contribution is -2.39. The predicted octanol–water partition coefficient (Wildman–Crippen LogP) is -0.334. The number of aromatic nitrogens is 2. The zero-order valence-corrected chi connectivity index (χ0v) is 11.1. The molecule has 18 heavy (non-hydrogen) atoms. The predicted molar refractivity (Wildman–Crippen MR) is 63.4 cm³/mol. The Morgan fingerprint density at radius 2 is 2.33 bits per heavy atom. The molecule has 2 unspecified atom stereocenters. The molecule has 0 aliphatic carbocycles. The number of nitrogens with zero attached hydrogens (tertiary/aromatic N) is 1. The van der Waals surface area contributed by atoms with Crippen LogP contribution in [0.25, 0.3) is 0 Å². The number of hydrogen-bond donors (Lipinski definition) is 3. The molecule has 0 spiro atoms. The first kappa shape index (κ1) is 13.5. The Balaban J connectivity index is 2.27. The number of H-pyrrole nitrogens is 1. The van der Waals surface area contributed by atoms with Gasteiger partial charge in [0, 0.05) is 6.61 Å². The molecule has 1 aromatic rings. The third kappa shape index (κ3) is 2.41. The van der Waals surface area contributed by atoms with Crippen molar-refractivity contribution in [3.8, 4) is 0 Å². The second kappa shape index (κ2) is 4.96. The first-order valence-electron chi connectivity index (χ1n) is 5.74. The van der Waals surface area contributed by atoms with E-state index in [1.165, 1.54) is 0 Å². The van der Waals surface area contributed by atoms with Gasteiger partial charge in [-0.05, 0) is 20.3 Å². The third-order valence-electron chi connectivity index (χ3n) is 3.06. The Morgan fingerprint density at radius 3 is 2.89 bits per heavy atom. The minimum absolute atomic E-state index is 0.0316. The lowest BCUT2D eigenvalue weighted by Gasteiger charge is -2.16. The van der Waals surface area contributed by atoms with Crippen LogP contribution in [0.3, 0.4) is 0 Å². The fourth-order valence-corrected chi connectivity index (χ4v) is 3.77. The molecule has 1 saturated heterocycles. The van der Waals surface area contributed by atoms with E-state index in [0.717, 1.165) is 0 Å². The molecule has 1 fully saturated rings.